The van der Waals surface area contributed by atoms with Gasteiger partial charge in [0.1, 0.15) is 6.33 Å². The maximum Gasteiger partial charge on any atom is 0.239 e. The van der Waals surface area contributed by atoms with Gasteiger partial charge >= 0.3 is 0 Å². The Kier molecular flexibility index (Phi) is 4.22. The largest absolute Gasteiger partial charge is 0.294 e. The molecule has 1 atom stereocenters. The Labute approximate surface area is 113 Å². The highest BCUT2D eigenvalue weighted by atomic mass is 35.5. The van der Waals surface area contributed by atoms with Crippen LogP contribution in [0.15, 0.2) is 35.5 Å². The number of anilines is 1. The highest BCUT2D eigenvalue weighted by Gasteiger charge is 2.15. The number of carbonyl (C=O) groups excluding carboxylic acids is 1. The number of hydrogen-bond acceptors (Lipinski definition) is 4. The molecule has 5 nitrogen and oxygen atoms in total. The SMILES string of the molecule is C[C@H](Sc1ccc(Cl)cc1)C(=O)Nc1ncn[nH]1. The normalized spacial score (nSPS) is 12.1. The van der Waals surface area contributed by atoms with Gasteiger partial charge in [0.25, 0.3) is 0 Å². The van der Waals surface area contributed by atoms with E-state index in [0.717, 1.165) is 4.90 Å². The first-order chi connectivity index (χ1) is 8.65. The molecule has 0 spiro atoms. The second-order valence-electron chi connectivity index (χ2n) is 3.54. The van der Waals surface area contributed by atoms with Gasteiger partial charge in [0.2, 0.25) is 11.9 Å². The molecule has 1 amide bonds. The molecule has 0 fully saturated rings. The summed E-state index contributed by atoms with van der Waals surface area (Å²) in [5.74, 6) is 0.218. The number of thioether (sulfide) groups is 1. The molecule has 0 saturated heterocycles. The standard InChI is InChI=1S/C11H11ClN4OS/c1-7(10(17)15-11-13-6-14-16-11)18-9-4-2-8(12)3-5-9/h2-7H,1H3,(H2,13,14,15,16,17)/t7-/m0/s1. The van der Waals surface area contributed by atoms with Crippen LogP contribution in [0.3, 0.4) is 0 Å². The van der Waals surface area contributed by atoms with Gasteiger partial charge in [0.05, 0.1) is 5.25 Å². The van der Waals surface area contributed by atoms with Crippen molar-refractivity contribution >= 4 is 35.2 Å². The predicted octanol–water partition coefficient (Wildman–Crippen LogP) is 2.58. The summed E-state index contributed by atoms with van der Waals surface area (Å²) in [5, 5.41) is 9.31. The number of H-pyrrole nitrogens is 1. The zero-order chi connectivity index (χ0) is 13.0. The Hall–Kier alpha value is -1.53. The monoisotopic (exact) mass is 282 g/mol. The van der Waals surface area contributed by atoms with Crippen molar-refractivity contribution in [2.45, 2.75) is 17.1 Å². The van der Waals surface area contributed by atoms with Gasteiger partial charge in [0, 0.05) is 9.92 Å². The highest BCUT2D eigenvalue weighted by Crippen LogP contribution is 2.25. The molecule has 2 aromatic rings. The summed E-state index contributed by atoms with van der Waals surface area (Å²) in [5.41, 5.74) is 0. The Balaban J connectivity index is 1.93. The number of hydrogen-bond donors (Lipinski definition) is 2. The molecule has 2 N–H and O–H groups in total. The number of nitrogens with one attached hydrogen (secondary N) is 2. The van der Waals surface area contributed by atoms with Crippen LogP contribution < -0.4 is 5.32 Å². The average Bonchev–Trinajstić information content (AvgIpc) is 2.85. The molecule has 0 radical (unpaired) electrons. The van der Waals surface area contributed by atoms with E-state index in [1.807, 2.05) is 19.1 Å². The molecule has 7 heteroatoms. The molecule has 0 saturated carbocycles. The van der Waals surface area contributed by atoms with Crippen molar-refractivity contribution in [3.63, 3.8) is 0 Å². The summed E-state index contributed by atoms with van der Waals surface area (Å²) in [6, 6.07) is 7.35. The Morgan fingerprint density at radius 3 is 2.78 bits per heavy atom. The zero-order valence-electron chi connectivity index (χ0n) is 9.55. The second-order valence-corrected chi connectivity index (χ2v) is 5.39. The summed E-state index contributed by atoms with van der Waals surface area (Å²) < 4.78 is 0. The van der Waals surface area contributed by atoms with Crippen molar-refractivity contribution in [3.8, 4) is 0 Å². The molecule has 0 aliphatic rings. The average molecular weight is 283 g/mol. The fraction of sp³-hybridized carbons (Fsp3) is 0.182. The molecular formula is C11H11ClN4OS. The topological polar surface area (TPSA) is 70.7 Å². The van der Waals surface area contributed by atoms with Crippen LogP contribution in [0.25, 0.3) is 0 Å². The molecule has 1 aromatic heterocycles. The van der Waals surface area contributed by atoms with Crippen LogP contribution in [0.4, 0.5) is 5.95 Å². The summed E-state index contributed by atoms with van der Waals surface area (Å²) in [6.07, 6.45) is 1.34. The van der Waals surface area contributed by atoms with Gasteiger partial charge in [-0.25, -0.2) is 5.10 Å². The molecular weight excluding hydrogens is 272 g/mol. The van der Waals surface area contributed by atoms with Crippen LogP contribution in [0.1, 0.15) is 6.92 Å². The van der Waals surface area contributed by atoms with Crippen LogP contribution in [0.2, 0.25) is 5.02 Å². The fourth-order valence-corrected chi connectivity index (χ4v) is 2.25. The van der Waals surface area contributed by atoms with Crippen LogP contribution in [-0.4, -0.2) is 26.3 Å². The molecule has 0 aliphatic carbocycles. The zero-order valence-corrected chi connectivity index (χ0v) is 11.1. The van der Waals surface area contributed by atoms with Crippen molar-refractivity contribution in [1.82, 2.24) is 15.2 Å². The fourth-order valence-electron chi connectivity index (χ4n) is 1.25. The summed E-state index contributed by atoms with van der Waals surface area (Å²) in [7, 11) is 0. The summed E-state index contributed by atoms with van der Waals surface area (Å²) >= 11 is 7.25. The molecule has 1 aromatic carbocycles. The van der Waals surface area contributed by atoms with E-state index < -0.39 is 0 Å². The lowest BCUT2D eigenvalue weighted by Crippen LogP contribution is -2.23. The maximum absolute atomic E-state index is 11.8. The van der Waals surface area contributed by atoms with Crippen molar-refractivity contribution < 1.29 is 4.79 Å². The summed E-state index contributed by atoms with van der Waals surface area (Å²) in [4.78, 5) is 16.7. The Bertz CT molecular complexity index is 514. The van der Waals surface area contributed by atoms with E-state index in [2.05, 4.69) is 20.5 Å². The quantitative estimate of drug-likeness (QED) is 0.846. The minimum Gasteiger partial charge on any atom is -0.294 e. The first-order valence-corrected chi connectivity index (χ1v) is 6.49. The van der Waals surface area contributed by atoms with E-state index in [9.17, 15) is 4.79 Å². The van der Waals surface area contributed by atoms with Gasteiger partial charge in [0.15, 0.2) is 0 Å². The van der Waals surface area contributed by atoms with Crippen molar-refractivity contribution in [2.75, 3.05) is 5.32 Å². The third-order valence-corrected chi connectivity index (χ3v) is 3.52. The number of nitrogens with zero attached hydrogens (tertiary/aromatic N) is 2. The number of aromatic amines is 1. The van der Waals surface area contributed by atoms with Gasteiger partial charge < -0.3 is 0 Å². The highest BCUT2D eigenvalue weighted by molar-refractivity contribution is 8.00. The molecule has 0 unspecified atom stereocenters. The van der Waals surface area contributed by atoms with E-state index in [-0.39, 0.29) is 11.2 Å². The first-order valence-electron chi connectivity index (χ1n) is 5.23. The van der Waals surface area contributed by atoms with Gasteiger partial charge in [-0.1, -0.05) is 11.6 Å². The Morgan fingerprint density at radius 2 is 2.17 bits per heavy atom. The third kappa shape index (κ3) is 3.48. The number of carbonyl (C=O) groups is 1. The number of aromatic nitrogens is 3. The number of amides is 1. The predicted molar refractivity (Wildman–Crippen MR) is 71.8 cm³/mol. The summed E-state index contributed by atoms with van der Waals surface area (Å²) in [6.45, 7) is 1.82. The number of benzene rings is 1. The molecule has 0 bridgehead atoms. The van der Waals surface area contributed by atoms with E-state index in [1.165, 1.54) is 18.1 Å². The Morgan fingerprint density at radius 1 is 1.44 bits per heavy atom. The van der Waals surface area contributed by atoms with Crippen molar-refractivity contribution in [3.05, 3.63) is 35.6 Å². The first kappa shape index (κ1) is 12.9. The van der Waals surface area contributed by atoms with Crippen LogP contribution in [-0.2, 0) is 4.79 Å². The molecule has 94 valence electrons. The minimum absolute atomic E-state index is 0.133. The lowest BCUT2D eigenvalue weighted by Gasteiger charge is -2.10. The van der Waals surface area contributed by atoms with Crippen molar-refractivity contribution in [1.29, 1.82) is 0 Å². The maximum atomic E-state index is 11.8. The molecule has 18 heavy (non-hydrogen) atoms. The van der Waals surface area contributed by atoms with Gasteiger partial charge in [-0.15, -0.1) is 11.8 Å². The number of rotatable bonds is 4. The lowest BCUT2D eigenvalue weighted by atomic mass is 10.4. The van der Waals surface area contributed by atoms with E-state index in [1.54, 1.807) is 12.1 Å². The molecule has 1 heterocycles. The van der Waals surface area contributed by atoms with Gasteiger partial charge in [-0.2, -0.15) is 10.1 Å². The third-order valence-electron chi connectivity index (χ3n) is 2.15. The van der Waals surface area contributed by atoms with Crippen LogP contribution in [0.5, 0.6) is 0 Å². The van der Waals surface area contributed by atoms with E-state index >= 15 is 0 Å². The van der Waals surface area contributed by atoms with Crippen LogP contribution in [0, 0.1) is 0 Å². The van der Waals surface area contributed by atoms with Crippen LogP contribution >= 0.6 is 23.4 Å². The second kappa shape index (κ2) is 5.88. The van der Waals surface area contributed by atoms with E-state index in [0.29, 0.717) is 11.0 Å². The van der Waals surface area contributed by atoms with Crippen molar-refractivity contribution in [2.24, 2.45) is 0 Å². The molecule has 2 rings (SSSR count). The van der Waals surface area contributed by atoms with Gasteiger partial charge in [-0.05, 0) is 31.2 Å². The smallest absolute Gasteiger partial charge is 0.239 e. The molecule has 0 aliphatic heterocycles. The van der Waals surface area contributed by atoms with Gasteiger partial charge in [-0.3, -0.25) is 10.1 Å². The minimum atomic E-state index is -0.240. The lowest BCUT2D eigenvalue weighted by molar-refractivity contribution is -0.115. The number of halogens is 1. The van der Waals surface area contributed by atoms with E-state index in [4.69, 9.17) is 11.6 Å².